The Balaban J connectivity index is 2.38. The predicted molar refractivity (Wildman–Crippen MR) is 86.4 cm³/mol. The van der Waals surface area contributed by atoms with Crippen molar-refractivity contribution in [1.29, 1.82) is 0 Å². The lowest BCUT2D eigenvalue weighted by atomic mass is 10.1. The minimum Gasteiger partial charge on any atom is -0.493 e. The molecule has 0 unspecified atom stereocenters. The highest BCUT2D eigenvalue weighted by Gasteiger charge is 2.14. The van der Waals surface area contributed by atoms with Crippen LogP contribution in [0.3, 0.4) is 0 Å². The van der Waals surface area contributed by atoms with Crippen LogP contribution in [-0.2, 0) is 0 Å². The van der Waals surface area contributed by atoms with Gasteiger partial charge in [0.05, 0.1) is 18.7 Å². The van der Waals surface area contributed by atoms with Gasteiger partial charge in [0.25, 0.3) is 0 Å². The average molecular weight is 352 g/mol. The molecule has 1 atom stereocenters. The maximum Gasteiger partial charge on any atom is 0.211 e. The smallest absolute Gasteiger partial charge is 0.211 e. The summed E-state index contributed by atoms with van der Waals surface area (Å²) in [4.78, 5) is 0. The van der Waals surface area contributed by atoms with Crippen LogP contribution in [0.25, 0.3) is 0 Å². The molecule has 21 heavy (non-hydrogen) atoms. The van der Waals surface area contributed by atoms with E-state index in [1.807, 2.05) is 43.3 Å². The van der Waals surface area contributed by atoms with E-state index in [1.54, 1.807) is 14.2 Å². The van der Waals surface area contributed by atoms with Gasteiger partial charge in [0.15, 0.2) is 11.5 Å². The minimum atomic E-state index is -0.0313. The molecule has 5 heteroatoms. The summed E-state index contributed by atoms with van der Waals surface area (Å²) in [6, 6.07) is 11.2. The van der Waals surface area contributed by atoms with Crippen LogP contribution >= 0.6 is 15.9 Å². The van der Waals surface area contributed by atoms with Crippen LogP contribution in [0.1, 0.15) is 18.5 Å². The number of rotatable bonds is 5. The summed E-state index contributed by atoms with van der Waals surface area (Å²) in [5.41, 5.74) is 6.90. The van der Waals surface area contributed by atoms with Crippen molar-refractivity contribution in [3.05, 3.63) is 46.4 Å². The molecule has 0 spiro atoms. The van der Waals surface area contributed by atoms with Gasteiger partial charge in [-0.05, 0) is 52.7 Å². The van der Waals surface area contributed by atoms with Crippen molar-refractivity contribution in [3.63, 3.8) is 0 Å². The van der Waals surface area contributed by atoms with Gasteiger partial charge in [-0.25, -0.2) is 0 Å². The van der Waals surface area contributed by atoms with E-state index < -0.39 is 0 Å². The molecule has 2 N–H and O–H groups in total. The normalized spacial score (nSPS) is 11.9. The average Bonchev–Trinajstić information content (AvgIpc) is 2.49. The van der Waals surface area contributed by atoms with Gasteiger partial charge in [-0.3, -0.25) is 0 Å². The van der Waals surface area contributed by atoms with E-state index in [-0.39, 0.29) is 6.04 Å². The van der Waals surface area contributed by atoms with Crippen LogP contribution in [0, 0.1) is 0 Å². The van der Waals surface area contributed by atoms with Crippen LogP contribution in [-0.4, -0.2) is 14.2 Å². The standard InChI is InChI=1S/C16H18BrNO3/c1-10(18)11-7-8-13(12(17)9-11)21-16-14(19-2)5-4-6-15(16)20-3/h4-10H,18H2,1-3H3/t10-/m1/s1. The largest absolute Gasteiger partial charge is 0.493 e. The fourth-order valence-corrected chi connectivity index (χ4v) is 2.39. The molecule has 2 aromatic rings. The highest BCUT2D eigenvalue weighted by Crippen LogP contribution is 2.42. The van der Waals surface area contributed by atoms with E-state index in [0.29, 0.717) is 23.0 Å². The van der Waals surface area contributed by atoms with Crippen LogP contribution in [0.4, 0.5) is 0 Å². The topological polar surface area (TPSA) is 53.7 Å². The van der Waals surface area contributed by atoms with Crippen molar-refractivity contribution in [2.24, 2.45) is 5.73 Å². The van der Waals surface area contributed by atoms with Crippen molar-refractivity contribution >= 4 is 15.9 Å². The first-order chi connectivity index (χ1) is 10.1. The summed E-state index contributed by atoms with van der Waals surface area (Å²) in [5, 5.41) is 0. The number of para-hydroxylation sites is 1. The zero-order valence-corrected chi connectivity index (χ0v) is 13.8. The molecule has 4 nitrogen and oxygen atoms in total. The molecule has 0 amide bonds. The van der Waals surface area contributed by atoms with Gasteiger partial charge in [-0.15, -0.1) is 0 Å². The van der Waals surface area contributed by atoms with Gasteiger partial charge >= 0.3 is 0 Å². The van der Waals surface area contributed by atoms with Crippen molar-refractivity contribution in [2.75, 3.05) is 14.2 Å². The molecule has 0 bridgehead atoms. The maximum absolute atomic E-state index is 5.95. The predicted octanol–water partition coefficient (Wildman–Crippen LogP) is 4.28. The van der Waals surface area contributed by atoms with E-state index in [9.17, 15) is 0 Å². The molecular weight excluding hydrogens is 334 g/mol. The van der Waals surface area contributed by atoms with Gasteiger partial charge < -0.3 is 19.9 Å². The second kappa shape index (κ2) is 6.83. The van der Waals surface area contributed by atoms with E-state index in [1.165, 1.54) is 0 Å². The second-order valence-corrected chi connectivity index (χ2v) is 5.43. The highest BCUT2D eigenvalue weighted by molar-refractivity contribution is 9.10. The number of hydrogen-bond acceptors (Lipinski definition) is 4. The Kier molecular flexibility index (Phi) is 5.09. The Morgan fingerprint density at radius 3 is 2.10 bits per heavy atom. The molecule has 0 aromatic heterocycles. The fourth-order valence-electron chi connectivity index (χ4n) is 1.91. The minimum absolute atomic E-state index is 0.0313. The number of halogens is 1. The number of ether oxygens (including phenoxy) is 3. The van der Waals surface area contributed by atoms with Gasteiger partial charge in [0.1, 0.15) is 5.75 Å². The Morgan fingerprint density at radius 1 is 1.00 bits per heavy atom. The molecule has 0 radical (unpaired) electrons. The zero-order valence-electron chi connectivity index (χ0n) is 12.2. The molecule has 112 valence electrons. The molecule has 0 fully saturated rings. The first kappa shape index (κ1) is 15.7. The Hall–Kier alpha value is -1.72. The Labute approximate surface area is 132 Å². The van der Waals surface area contributed by atoms with Crippen LogP contribution in [0.5, 0.6) is 23.0 Å². The number of hydrogen-bond donors (Lipinski definition) is 1. The molecule has 0 saturated carbocycles. The molecule has 0 heterocycles. The van der Waals surface area contributed by atoms with E-state index >= 15 is 0 Å². The number of methoxy groups -OCH3 is 2. The molecule has 0 aliphatic heterocycles. The summed E-state index contributed by atoms with van der Waals surface area (Å²) in [6.07, 6.45) is 0. The lowest BCUT2D eigenvalue weighted by Gasteiger charge is -2.15. The fraction of sp³-hybridized carbons (Fsp3) is 0.250. The summed E-state index contributed by atoms with van der Waals surface area (Å²) in [6.45, 7) is 1.94. The number of nitrogens with two attached hydrogens (primary N) is 1. The summed E-state index contributed by atoms with van der Waals surface area (Å²) in [5.74, 6) is 2.42. The second-order valence-electron chi connectivity index (χ2n) is 4.57. The first-order valence-corrected chi connectivity index (χ1v) is 7.30. The monoisotopic (exact) mass is 351 g/mol. The quantitative estimate of drug-likeness (QED) is 0.873. The van der Waals surface area contributed by atoms with Crippen molar-refractivity contribution in [3.8, 4) is 23.0 Å². The van der Waals surface area contributed by atoms with Crippen LogP contribution in [0.2, 0.25) is 0 Å². The van der Waals surface area contributed by atoms with Crippen molar-refractivity contribution in [2.45, 2.75) is 13.0 Å². The summed E-state index contributed by atoms with van der Waals surface area (Å²) < 4.78 is 17.4. The Morgan fingerprint density at radius 2 is 1.62 bits per heavy atom. The van der Waals surface area contributed by atoms with E-state index in [4.69, 9.17) is 19.9 Å². The third kappa shape index (κ3) is 3.49. The third-order valence-electron chi connectivity index (χ3n) is 3.08. The van der Waals surface area contributed by atoms with Gasteiger partial charge in [0, 0.05) is 6.04 Å². The van der Waals surface area contributed by atoms with E-state index in [0.717, 1.165) is 10.0 Å². The molecular formula is C16H18BrNO3. The van der Waals surface area contributed by atoms with Crippen LogP contribution < -0.4 is 19.9 Å². The highest BCUT2D eigenvalue weighted by atomic mass is 79.9. The lowest BCUT2D eigenvalue weighted by Crippen LogP contribution is -2.04. The molecule has 2 rings (SSSR count). The SMILES string of the molecule is COc1cccc(OC)c1Oc1ccc([C@@H](C)N)cc1Br. The molecule has 0 aliphatic rings. The lowest BCUT2D eigenvalue weighted by molar-refractivity contribution is 0.345. The van der Waals surface area contributed by atoms with Gasteiger partial charge in [-0.2, -0.15) is 0 Å². The summed E-state index contributed by atoms with van der Waals surface area (Å²) in [7, 11) is 3.19. The first-order valence-electron chi connectivity index (χ1n) is 6.50. The van der Waals surface area contributed by atoms with Crippen molar-refractivity contribution in [1.82, 2.24) is 0 Å². The molecule has 0 aliphatic carbocycles. The zero-order chi connectivity index (χ0) is 15.4. The van der Waals surface area contributed by atoms with Gasteiger partial charge in [0.2, 0.25) is 5.75 Å². The Bertz CT molecular complexity index is 607. The maximum atomic E-state index is 5.95. The molecule has 2 aromatic carbocycles. The molecule has 0 saturated heterocycles. The summed E-state index contributed by atoms with van der Waals surface area (Å²) >= 11 is 3.50. The van der Waals surface area contributed by atoms with Gasteiger partial charge in [-0.1, -0.05) is 12.1 Å². The van der Waals surface area contributed by atoms with Crippen molar-refractivity contribution < 1.29 is 14.2 Å². The van der Waals surface area contributed by atoms with E-state index in [2.05, 4.69) is 15.9 Å². The third-order valence-corrected chi connectivity index (χ3v) is 3.70. The van der Waals surface area contributed by atoms with Crippen LogP contribution in [0.15, 0.2) is 40.9 Å². The number of benzene rings is 2.